The Labute approximate surface area is 207 Å². The quantitative estimate of drug-likeness (QED) is 0.158. The number of unbranched alkanes of at least 4 members (excludes halogenated alkanes) is 2. The summed E-state index contributed by atoms with van der Waals surface area (Å²) >= 11 is 0. The summed E-state index contributed by atoms with van der Waals surface area (Å²) in [5.74, 6) is -2.18. The zero-order chi connectivity index (χ0) is 26.5. The Hall–Kier alpha value is -3.76. The number of hydrogen-bond donors (Lipinski definition) is 5. The normalized spacial score (nSPS) is 11.4. The van der Waals surface area contributed by atoms with Crippen LogP contribution in [-0.4, -0.2) is 40.9 Å². The van der Waals surface area contributed by atoms with Gasteiger partial charge in [-0.05, 0) is 60.2 Å². The molecule has 3 rings (SSSR count). The molecular formula is C26H30FN3O6. The zero-order valence-electron chi connectivity index (χ0n) is 20.4. The van der Waals surface area contributed by atoms with Gasteiger partial charge >= 0.3 is 5.97 Å². The molecule has 1 aromatic heterocycles. The second-order valence-electron chi connectivity index (χ2n) is 9.19. The molecule has 5 N–H and O–H groups in total. The first-order valence-corrected chi connectivity index (χ1v) is 11.6. The van der Waals surface area contributed by atoms with Gasteiger partial charge in [-0.25, -0.2) is 9.18 Å². The number of aliphatic hydroxyl groups excluding tert-OH is 1. The molecule has 0 radical (unpaired) electrons. The van der Waals surface area contributed by atoms with E-state index in [0.717, 1.165) is 12.8 Å². The van der Waals surface area contributed by atoms with Crippen LogP contribution in [0.25, 0.3) is 10.9 Å². The van der Waals surface area contributed by atoms with Gasteiger partial charge in [0.15, 0.2) is 0 Å². The van der Waals surface area contributed by atoms with E-state index in [0.29, 0.717) is 40.7 Å². The third kappa shape index (κ3) is 5.89. The molecule has 0 bridgehead atoms. The number of amides is 1. The maximum Gasteiger partial charge on any atom is 0.372 e. The number of halogens is 1. The molecule has 10 heteroatoms. The molecule has 0 fully saturated rings. The van der Waals surface area contributed by atoms with Crippen LogP contribution < -0.4 is 16.2 Å². The van der Waals surface area contributed by atoms with E-state index in [1.807, 2.05) is 13.8 Å². The van der Waals surface area contributed by atoms with Gasteiger partial charge in [-0.1, -0.05) is 26.7 Å². The van der Waals surface area contributed by atoms with E-state index >= 15 is 0 Å². The molecule has 0 unspecified atom stereocenters. The minimum absolute atomic E-state index is 0.0903. The number of nitrogens with one attached hydrogen (secondary N) is 3. The minimum Gasteiger partial charge on any atom is -0.396 e. The number of aromatic amines is 1. The first-order chi connectivity index (χ1) is 17.1. The van der Waals surface area contributed by atoms with Gasteiger partial charge in [0.25, 0.3) is 11.5 Å². The molecule has 3 aromatic rings. The van der Waals surface area contributed by atoms with Crippen LogP contribution in [0.1, 0.15) is 65.8 Å². The summed E-state index contributed by atoms with van der Waals surface area (Å²) < 4.78 is 14.0. The molecule has 0 atom stereocenters. The SMILES string of the molecule is CNc1cc(F)cc2cc(C(=O)Nc3ccc(C(=O)OO)cc3C(C)(C)CCCCCO)c(=O)[nH]c12. The van der Waals surface area contributed by atoms with Crippen LogP contribution in [-0.2, 0) is 10.3 Å². The summed E-state index contributed by atoms with van der Waals surface area (Å²) in [6, 6.07) is 8.21. The maximum atomic E-state index is 14.0. The van der Waals surface area contributed by atoms with E-state index in [1.54, 1.807) is 7.05 Å². The molecule has 0 saturated carbocycles. The number of rotatable bonds is 10. The van der Waals surface area contributed by atoms with Crippen molar-refractivity contribution in [2.24, 2.45) is 0 Å². The summed E-state index contributed by atoms with van der Waals surface area (Å²) in [6.07, 6.45) is 2.93. The van der Waals surface area contributed by atoms with Crippen molar-refractivity contribution in [3.8, 4) is 0 Å². The van der Waals surface area contributed by atoms with Gasteiger partial charge < -0.3 is 20.7 Å². The first-order valence-electron chi connectivity index (χ1n) is 11.6. The van der Waals surface area contributed by atoms with Gasteiger partial charge in [-0.2, -0.15) is 5.26 Å². The second-order valence-corrected chi connectivity index (χ2v) is 9.19. The van der Waals surface area contributed by atoms with Crippen molar-refractivity contribution in [1.82, 2.24) is 4.98 Å². The fourth-order valence-corrected chi connectivity index (χ4v) is 4.22. The number of fused-ring (bicyclic) bond motifs is 1. The number of H-pyrrole nitrogens is 1. The summed E-state index contributed by atoms with van der Waals surface area (Å²) in [5, 5.41) is 23.8. The minimum atomic E-state index is -0.946. The first kappa shape index (κ1) is 26.8. The second kappa shape index (κ2) is 11.3. The van der Waals surface area contributed by atoms with Gasteiger partial charge in [0.2, 0.25) is 0 Å². The molecule has 9 nitrogen and oxygen atoms in total. The maximum absolute atomic E-state index is 14.0. The van der Waals surface area contributed by atoms with Crippen molar-refractivity contribution in [2.45, 2.75) is 44.9 Å². The third-order valence-corrected chi connectivity index (χ3v) is 6.21. The molecule has 0 aliphatic rings. The number of pyridine rings is 1. The number of aliphatic hydroxyl groups is 1. The number of anilines is 2. The van der Waals surface area contributed by atoms with Crippen LogP contribution in [0.4, 0.5) is 15.8 Å². The topological polar surface area (TPSA) is 141 Å². The van der Waals surface area contributed by atoms with Crippen molar-refractivity contribution < 1.29 is 29.2 Å². The molecule has 0 aliphatic heterocycles. The summed E-state index contributed by atoms with van der Waals surface area (Å²) in [5.41, 5.74) is 0.439. The highest BCUT2D eigenvalue weighted by molar-refractivity contribution is 6.07. The number of hydrogen-bond acceptors (Lipinski definition) is 7. The smallest absolute Gasteiger partial charge is 0.372 e. The standard InChI is InChI=1S/C26H30FN3O6/c1-26(2,9-5-4-6-10-31)19-13-15(25(34)36-35)7-8-20(19)29-23(32)18-12-16-11-17(27)14-21(28-3)22(16)30-24(18)33/h7-8,11-14,28,31,35H,4-6,9-10H2,1-3H3,(H,29,32)(H,30,33). The van der Waals surface area contributed by atoms with Gasteiger partial charge in [0.1, 0.15) is 11.4 Å². The summed E-state index contributed by atoms with van der Waals surface area (Å²) in [4.78, 5) is 44.3. The number of carbonyl (C=O) groups excluding carboxylic acids is 2. The van der Waals surface area contributed by atoms with Crippen LogP contribution in [0.5, 0.6) is 0 Å². The Morgan fingerprint density at radius 1 is 1.08 bits per heavy atom. The summed E-state index contributed by atoms with van der Waals surface area (Å²) in [6.45, 7) is 3.98. The Balaban J connectivity index is 2.00. The lowest BCUT2D eigenvalue weighted by atomic mass is 9.78. The fourth-order valence-electron chi connectivity index (χ4n) is 4.22. The lowest BCUT2D eigenvalue weighted by Gasteiger charge is -2.28. The van der Waals surface area contributed by atoms with E-state index < -0.39 is 28.7 Å². The van der Waals surface area contributed by atoms with E-state index in [4.69, 9.17) is 10.4 Å². The number of carbonyl (C=O) groups is 2. The van der Waals surface area contributed by atoms with Crippen LogP contribution in [0.3, 0.4) is 0 Å². The van der Waals surface area contributed by atoms with Crippen LogP contribution in [0, 0.1) is 5.82 Å². The van der Waals surface area contributed by atoms with Crippen LogP contribution in [0.15, 0.2) is 41.2 Å². The average molecular weight is 500 g/mol. The van der Waals surface area contributed by atoms with E-state index in [-0.39, 0.29) is 17.7 Å². The Morgan fingerprint density at radius 3 is 2.50 bits per heavy atom. The summed E-state index contributed by atoms with van der Waals surface area (Å²) in [7, 11) is 1.59. The van der Waals surface area contributed by atoms with E-state index in [1.165, 1.54) is 36.4 Å². The molecule has 192 valence electrons. The Bertz CT molecular complexity index is 1340. The fraction of sp³-hybridized carbons (Fsp3) is 0.346. The zero-order valence-corrected chi connectivity index (χ0v) is 20.4. The lowest BCUT2D eigenvalue weighted by Crippen LogP contribution is -2.26. The van der Waals surface area contributed by atoms with E-state index in [9.17, 15) is 18.8 Å². The average Bonchev–Trinajstić information content (AvgIpc) is 2.85. The van der Waals surface area contributed by atoms with Crippen LogP contribution >= 0.6 is 0 Å². The molecular weight excluding hydrogens is 469 g/mol. The lowest BCUT2D eigenvalue weighted by molar-refractivity contribution is -0.182. The van der Waals surface area contributed by atoms with E-state index in [2.05, 4.69) is 20.5 Å². The van der Waals surface area contributed by atoms with Crippen molar-refractivity contribution >= 4 is 34.2 Å². The van der Waals surface area contributed by atoms with Gasteiger partial charge in [-0.3, -0.25) is 14.5 Å². The van der Waals surface area contributed by atoms with Crippen LogP contribution in [0.2, 0.25) is 0 Å². The molecule has 2 aromatic carbocycles. The Morgan fingerprint density at radius 2 is 1.83 bits per heavy atom. The van der Waals surface area contributed by atoms with Crippen molar-refractivity contribution in [2.75, 3.05) is 24.3 Å². The predicted octanol–water partition coefficient (Wildman–Crippen LogP) is 4.42. The third-order valence-electron chi connectivity index (χ3n) is 6.21. The number of benzene rings is 2. The van der Waals surface area contributed by atoms with Gasteiger partial charge in [0, 0.05) is 24.7 Å². The molecule has 36 heavy (non-hydrogen) atoms. The molecule has 1 amide bonds. The molecule has 1 heterocycles. The van der Waals surface area contributed by atoms with Gasteiger partial charge in [0.05, 0.1) is 16.8 Å². The predicted molar refractivity (Wildman–Crippen MR) is 135 cm³/mol. The van der Waals surface area contributed by atoms with Gasteiger partial charge in [-0.15, -0.1) is 0 Å². The van der Waals surface area contributed by atoms with Crippen molar-refractivity contribution in [3.05, 3.63) is 69.3 Å². The van der Waals surface area contributed by atoms with Crippen molar-refractivity contribution in [1.29, 1.82) is 0 Å². The monoisotopic (exact) mass is 499 g/mol. The van der Waals surface area contributed by atoms with Crippen molar-refractivity contribution in [3.63, 3.8) is 0 Å². The molecule has 0 aliphatic carbocycles. The number of aromatic nitrogens is 1. The highest BCUT2D eigenvalue weighted by Crippen LogP contribution is 2.36. The highest BCUT2D eigenvalue weighted by atomic mass is 19.1. The molecule has 0 saturated heterocycles. The largest absolute Gasteiger partial charge is 0.396 e. The highest BCUT2D eigenvalue weighted by Gasteiger charge is 2.26. The Kier molecular flexibility index (Phi) is 8.44. The molecule has 0 spiro atoms.